The van der Waals surface area contributed by atoms with Crippen molar-refractivity contribution in [2.24, 2.45) is 0 Å². The molecule has 3 rings (SSSR count). The first-order valence-corrected chi connectivity index (χ1v) is 9.31. The lowest BCUT2D eigenvalue weighted by molar-refractivity contribution is 0.771. The van der Waals surface area contributed by atoms with Crippen LogP contribution in [0.3, 0.4) is 0 Å². The van der Waals surface area contributed by atoms with Crippen LogP contribution in [0.5, 0.6) is 0 Å². The van der Waals surface area contributed by atoms with E-state index in [1.165, 1.54) is 39.2 Å². The lowest BCUT2D eigenvalue weighted by Crippen LogP contribution is -2.23. The summed E-state index contributed by atoms with van der Waals surface area (Å²) in [5, 5.41) is 5.08. The van der Waals surface area contributed by atoms with E-state index in [0.29, 0.717) is 0 Å². The van der Waals surface area contributed by atoms with Gasteiger partial charge in [-0.05, 0) is 52.3 Å². The zero-order valence-corrected chi connectivity index (χ0v) is 16.1. The molecule has 25 heavy (non-hydrogen) atoms. The van der Waals surface area contributed by atoms with Gasteiger partial charge in [0.2, 0.25) is 0 Å². The molecule has 3 nitrogen and oxygen atoms in total. The van der Waals surface area contributed by atoms with Crippen LogP contribution in [0.2, 0.25) is 0 Å². The summed E-state index contributed by atoms with van der Waals surface area (Å²) in [5.74, 6) is 0. The minimum atomic E-state index is 0.977. The maximum atomic E-state index is 3.79. The van der Waals surface area contributed by atoms with Crippen LogP contribution in [-0.2, 0) is 6.54 Å². The summed E-state index contributed by atoms with van der Waals surface area (Å²) in [6, 6.07) is 15.2. The summed E-state index contributed by atoms with van der Waals surface area (Å²) in [6.07, 6.45) is 0. The molecule has 0 bridgehead atoms. The van der Waals surface area contributed by atoms with Crippen LogP contribution >= 0.6 is 0 Å². The molecular formula is C22H29N3. The summed E-state index contributed by atoms with van der Waals surface area (Å²) in [4.78, 5) is 2.41. The van der Waals surface area contributed by atoms with Crippen LogP contribution in [0.15, 0.2) is 42.5 Å². The number of nitrogens with zero attached hydrogens (tertiary/aromatic N) is 2. The molecule has 132 valence electrons. The van der Waals surface area contributed by atoms with Crippen molar-refractivity contribution >= 4 is 28.0 Å². The number of aryl methyl sites for hydroxylation is 2. The van der Waals surface area contributed by atoms with Crippen LogP contribution < -0.4 is 10.2 Å². The summed E-state index contributed by atoms with van der Waals surface area (Å²) in [7, 11) is 0. The number of hydrogen-bond donors (Lipinski definition) is 1. The van der Waals surface area contributed by atoms with Gasteiger partial charge in [-0.25, -0.2) is 0 Å². The van der Waals surface area contributed by atoms with Crippen LogP contribution in [0.1, 0.15) is 32.0 Å². The van der Waals surface area contributed by atoms with Crippen molar-refractivity contribution in [1.29, 1.82) is 0 Å². The fourth-order valence-electron chi connectivity index (χ4n) is 3.76. The second kappa shape index (κ2) is 7.22. The molecule has 3 aromatic rings. The Labute approximate surface area is 151 Å². The Morgan fingerprint density at radius 2 is 1.60 bits per heavy atom. The van der Waals surface area contributed by atoms with Gasteiger partial charge >= 0.3 is 0 Å². The zero-order valence-electron chi connectivity index (χ0n) is 16.1. The molecule has 1 aromatic heterocycles. The first kappa shape index (κ1) is 17.4. The van der Waals surface area contributed by atoms with E-state index < -0.39 is 0 Å². The topological polar surface area (TPSA) is 20.2 Å². The Balaban J connectivity index is 2.16. The van der Waals surface area contributed by atoms with Gasteiger partial charge in [0.15, 0.2) is 0 Å². The van der Waals surface area contributed by atoms with Crippen molar-refractivity contribution in [3.8, 4) is 0 Å². The van der Waals surface area contributed by atoms with E-state index in [2.05, 4.69) is 91.9 Å². The monoisotopic (exact) mass is 335 g/mol. The molecular weight excluding hydrogens is 306 g/mol. The van der Waals surface area contributed by atoms with Crippen molar-refractivity contribution in [3.05, 3.63) is 53.7 Å². The third-order valence-corrected chi connectivity index (χ3v) is 5.15. The molecule has 0 saturated carbocycles. The highest BCUT2D eigenvalue weighted by molar-refractivity contribution is 5.98. The number of hydrogen-bond acceptors (Lipinski definition) is 2. The zero-order chi connectivity index (χ0) is 18.0. The van der Waals surface area contributed by atoms with Gasteiger partial charge in [0.05, 0.1) is 22.6 Å². The Morgan fingerprint density at radius 1 is 0.880 bits per heavy atom. The van der Waals surface area contributed by atoms with E-state index in [-0.39, 0.29) is 0 Å². The van der Waals surface area contributed by atoms with Crippen LogP contribution in [0.25, 0.3) is 10.9 Å². The maximum Gasteiger partial charge on any atom is 0.0675 e. The van der Waals surface area contributed by atoms with Gasteiger partial charge in [0.1, 0.15) is 0 Å². The van der Waals surface area contributed by atoms with E-state index >= 15 is 0 Å². The SMILES string of the molecule is CCN(CC)c1cccc(C)c1Nc1c(C)n(CC)c2ccccc12. The van der Waals surface area contributed by atoms with E-state index in [9.17, 15) is 0 Å². The van der Waals surface area contributed by atoms with E-state index in [1.807, 2.05) is 0 Å². The average Bonchev–Trinajstić information content (AvgIpc) is 2.90. The quantitative estimate of drug-likeness (QED) is 0.608. The molecule has 0 radical (unpaired) electrons. The van der Waals surface area contributed by atoms with E-state index in [4.69, 9.17) is 0 Å². The fourth-order valence-corrected chi connectivity index (χ4v) is 3.76. The van der Waals surface area contributed by atoms with Crippen LogP contribution in [0, 0.1) is 13.8 Å². The molecule has 2 aromatic carbocycles. The third kappa shape index (κ3) is 2.99. The Kier molecular flexibility index (Phi) is 5.03. The molecule has 0 amide bonds. The van der Waals surface area contributed by atoms with Gasteiger partial charge in [0.25, 0.3) is 0 Å². The number of aromatic nitrogens is 1. The molecule has 0 fully saturated rings. The van der Waals surface area contributed by atoms with Crippen LogP contribution in [0.4, 0.5) is 17.1 Å². The van der Waals surface area contributed by atoms with Gasteiger partial charge in [0, 0.05) is 30.7 Å². The Morgan fingerprint density at radius 3 is 2.28 bits per heavy atom. The average molecular weight is 335 g/mol. The molecule has 0 unspecified atom stereocenters. The van der Waals surface area contributed by atoms with Crippen molar-refractivity contribution in [3.63, 3.8) is 0 Å². The second-order valence-electron chi connectivity index (χ2n) is 6.49. The highest BCUT2D eigenvalue weighted by Gasteiger charge is 2.16. The predicted molar refractivity (Wildman–Crippen MR) is 110 cm³/mol. The van der Waals surface area contributed by atoms with E-state index in [1.54, 1.807) is 0 Å². The van der Waals surface area contributed by atoms with E-state index in [0.717, 1.165) is 19.6 Å². The van der Waals surface area contributed by atoms with Gasteiger partial charge in [-0.1, -0.05) is 30.3 Å². The summed E-state index contributed by atoms with van der Waals surface area (Å²) in [6.45, 7) is 14.0. The number of para-hydroxylation sites is 2. The second-order valence-corrected chi connectivity index (χ2v) is 6.49. The summed E-state index contributed by atoms with van der Waals surface area (Å²) in [5.41, 5.74) is 7.57. The van der Waals surface area contributed by atoms with Gasteiger partial charge in [-0.3, -0.25) is 0 Å². The van der Waals surface area contributed by atoms with Gasteiger partial charge in [-0.15, -0.1) is 0 Å². The molecule has 1 heterocycles. The normalized spacial score (nSPS) is 11.1. The van der Waals surface area contributed by atoms with Crippen molar-refractivity contribution < 1.29 is 0 Å². The summed E-state index contributed by atoms with van der Waals surface area (Å²) >= 11 is 0. The molecule has 0 spiro atoms. The smallest absolute Gasteiger partial charge is 0.0675 e. The number of benzene rings is 2. The minimum absolute atomic E-state index is 0.977. The molecule has 0 aliphatic rings. The standard InChI is InChI=1S/C22H29N3/c1-6-24(7-2)20-15-11-12-16(4)21(20)23-22-17(5)25(8-3)19-14-10-9-13-18(19)22/h9-15,23H,6-8H2,1-5H3. The van der Waals surface area contributed by atoms with Crippen molar-refractivity contribution in [1.82, 2.24) is 4.57 Å². The molecule has 0 aliphatic heterocycles. The lowest BCUT2D eigenvalue weighted by Gasteiger charge is -2.26. The molecule has 0 saturated heterocycles. The number of rotatable bonds is 6. The minimum Gasteiger partial charge on any atom is -0.370 e. The molecule has 3 heteroatoms. The highest BCUT2D eigenvalue weighted by atomic mass is 15.1. The lowest BCUT2D eigenvalue weighted by atomic mass is 10.1. The maximum absolute atomic E-state index is 3.79. The Bertz CT molecular complexity index is 872. The highest BCUT2D eigenvalue weighted by Crippen LogP contribution is 2.37. The van der Waals surface area contributed by atoms with Gasteiger partial charge < -0.3 is 14.8 Å². The van der Waals surface area contributed by atoms with Crippen LogP contribution in [-0.4, -0.2) is 17.7 Å². The number of fused-ring (bicyclic) bond motifs is 1. The largest absolute Gasteiger partial charge is 0.370 e. The van der Waals surface area contributed by atoms with Gasteiger partial charge in [-0.2, -0.15) is 0 Å². The third-order valence-electron chi connectivity index (χ3n) is 5.15. The first-order chi connectivity index (χ1) is 12.1. The summed E-state index contributed by atoms with van der Waals surface area (Å²) < 4.78 is 2.38. The first-order valence-electron chi connectivity index (χ1n) is 9.31. The van der Waals surface area contributed by atoms with Crippen molar-refractivity contribution in [2.45, 2.75) is 41.2 Å². The molecule has 0 aliphatic carbocycles. The molecule has 1 N–H and O–H groups in total. The number of nitrogens with one attached hydrogen (secondary N) is 1. The fraction of sp³-hybridized carbons (Fsp3) is 0.364. The number of anilines is 3. The van der Waals surface area contributed by atoms with Crippen molar-refractivity contribution in [2.75, 3.05) is 23.3 Å². The predicted octanol–water partition coefficient (Wildman–Crippen LogP) is 5.87. The molecule has 0 atom stereocenters. The Hall–Kier alpha value is -2.42.